The molecule has 10 heteroatoms. The molecule has 1 heterocycles. The van der Waals surface area contributed by atoms with Gasteiger partial charge in [0.05, 0.1) is 23.3 Å². The van der Waals surface area contributed by atoms with Crippen LogP contribution in [0, 0.1) is 0 Å². The van der Waals surface area contributed by atoms with Crippen LogP contribution >= 0.6 is 11.6 Å². The minimum absolute atomic E-state index is 0.000504. The number of benzene rings is 4. The molecule has 0 saturated heterocycles. The van der Waals surface area contributed by atoms with Gasteiger partial charge < -0.3 is 10.3 Å². The number of sulfonamides is 1. The Morgan fingerprint density at radius 1 is 0.881 bits per heavy atom. The van der Waals surface area contributed by atoms with E-state index in [4.69, 9.17) is 16.6 Å². The van der Waals surface area contributed by atoms with Gasteiger partial charge in [0.2, 0.25) is 10.0 Å². The second-order valence-corrected chi connectivity index (χ2v) is 12.2. The Kier molecular flexibility index (Phi) is 8.42. The van der Waals surface area contributed by atoms with Crippen LogP contribution in [0.5, 0.6) is 0 Å². The quantitative estimate of drug-likeness (QED) is 0.178. The SMILES string of the molecule is CCC[C@@H](NC(=O)c1ccc(-c2cc(Cl)ccc2-c2nc3ccccc3[nH]2)c(C(=O)NS(C)(=O)=O)c1)c1ccccc1. The zero-order valence-electron chi connectivity index (χ0n) is 23.0. The normalized spacial score (nSPS) is 12.2. The minimum atomic E-state index is -3.90. The molecule has 0 radical (unpaired) electrons. The summed E-state index contributed by atoms with van der Waals surface area (Å²) in [5.41, 5.74) is 4.34. The highest BCUT2D eigenvalue weighted by Gasteiger charge is 2.23. The lowest BCUT2D eigenvalue weighted by Crippen LogP contribution is -2.31. The van der Waals surface area contributed by atoms with Gasteiger partial charge in [0.15, 0.2) is 0 Å². The van der Waals surface area contributed by atoms with Crippen molar-refractivity contribution in [2.75, 3.05) is 6.26 Å². The monoisotopic (exact) mass is 600 g/mol. The molecule has 3 N–H and O–H groups in total. The van der Waals surface area contributed by atoms with Gasteiger partial charge in [-0.25, -0.2) is 18.1 Å². The van der Waals surface area contributed by atoms with Gasteiger partial charge in [-0.05, 0) is 65.6 Å². The van der Waals surface area contributed by atoms with Crippen molar-refractivity contribution in [3.8, 4) is 22.5 Å². The molecule has 1 atom stereocenters. The number of fused-ring (bicyclic) bond motifs is 1. The maximum Gasteiger partial charge on any atom is 0.265 e. The molecule has 0 aliphatic carbocycles. The number of carbonyl (C=O) groups excluding carboxylic acids is 2. The van der Waals surface area contributed by atoms with E-state index in [2.05, 4.69) is 10.3 Å². The van der Waals surface area contributed by atoms with Gasteiger partial charge in [-0.15, -0.1) is 0 Å². The van der Waals surface area contributed by atoms with Crippen molar-refractivity contribution in [3.63, 3.8) is 0 Å². The van der Waals surface area contributed by atoms with Crippen molar-refractivity contribution in [1.29, 1.82) is 0 Å². The smallest absolute Gasteiger partial charge is 0.265 e. The molecule has 5 rings (SSSR count). The second-order valence-electron chi connectivity index (χ2n) is 9.98. The Bertz CT molecular complexity index is 1850. The number of amides is 2. The highest BCUT2D eigenvalue weighted by atomic mass is 35.5. The maximum absolute atomic E-state index is 13.5. The number of imidazole rings is 1. The van der Waals surface area contributed by atoms with E-state index in [0.717, 1.165) is 35.7 Å². The Labute approximate surface area is 249 Å². The van der Waals surface area contributed by atoms with E-state index >= 15 is 0 Å². The van der Waals surface area contributed by atoms with Gasteiger partial charge in [0.25, 0.3) is 11.8 Å². The van der Waals surface area contributed by atoms with Crippen molar-refractivity contribution in [1.82, 2.24) is 20.0 Å². The Balaban J connectivity index is 1.60. The number of para-hydroxylation sites is 2. The highest BCUT2D eigenvalue weighted by molar-refractivity contribution is 7.89. The molecule has 214 valence electrons. The summed E-state index contributed by atoms with van der Waals surface area (Å²) in [5.74, 6) is -0.712. The highest BCUT2D eigenvalue weighted by Crippen LogP contribution is 2.36. The molecule has 0 aliphatic heterocycles. The number of nitrogens with one attached hydrogen (secondary N) is 3. The summed E-state index contributed by atoms with van der Waals surface area (Å²) in [6.45, 7) is 2.04. The number of halogens is 1. The molecule has 8 nitrogen and oxygen atoms in total. The maximum atomic E-state index is 13.5. The van der Waals surface area contributed by atoms with Gasteiger partial charge in [0.1, 0.15) is 5.82 Å². The Hall–Kier alpha value is -4.47. The van der Waals surface area contributed by atoms with Crippen LogP contribution in [-0.4, -0.2) is 36.5 Å². The first kappa shape index (κ1) is 29.0. The first-order chi connectivity index (χ1) is 20.1. The van der Waals surface area contributed by atoms with E-state index < -0.39 is 15.9 Å². The first-order valence-electron chi connectivity index (χ1n) is 13.4. The van der Waals surface area contributed by atoms with Crippen LogP contribution in [-0.2, 0) is 10.0 Å². The molecular weight excluding hydrogens is 572 g/mol. The molecule has 0 aliphatic rings. The van der Waals surface area contributed by atoms with Gasteiger partial charge in [-0.3, -0.25) is 9.59 Å². The molecule has 0 unspecified atom stereocenters. The van der Waals surface area contributed by atoms with Crippen LogP contribution in [0.3, 0.4) is 0 Å². The van der Waals surface area contributed by atoms with Crippen molar-refractivity contribution < 1.29 is 18.0 Å². The fourth-order valence-corrected chi connectivity index (χ4v) is 5.51. The molecule has 5 aromatic rings. The summed E-state index contributed by atoms with van der Waals surface area (Å²) >= 11 is 6.41. The van der Waals surface area contributed by atoms with E-state index in [1.165, 1.54) is 6.07 Å². The van der Waals surface area contributed by atoms with Crippen molar-refractivity contribution in [2.45, 2.75) is 25.8 Å². The predicted molar refractivity (Wildman–Crippen MR) is 166 cm³/mol. The zero-order valence-corrected chi connectivity index (χ0v) is 24.6. The van der Waals surface area contributed by atoms with Crippen LogP contribution in [0.2, 0.25) is 5.02 Å². The molecule has 42 heavy (non-hydrogen) atoms. The average molecular weight is 601 g/mol. The van der Waals surface area contributed by atoms with Crippen LogP contribution in [0.15, 0.2) is 91.0 Å². The van der Waals surface area contributed by atoms with Crippen LogP contribution in [0.25, 0.3) is 33.5 Å². The van der Waals surface area contributed by atoms with Crippen LogP contribution < -0.4 is 10.0 Å². The lowest BCUT2D eigenvalue weighted by Gasteiger charge is -2.20. The van der Waals surface area contributed by atoms with Crippen molar-refractivity contribution in [2.24, 2.45) is 0 Å². The molecule has 0 fully saturated rings. The fourth-order valence-electron chi connectivity index (χ4n) is 4.90. The lowest BCUT2D eigenvalue weighted by atomic mass is 9.93. The molecule has 0 bridgehead atoms. The van der Waals surface area contributed by atoms with E-state index in [-0.39, 0.29) is 23.1 Å². The minimum Gasteiger partial charge on any atom is -0.345 e. The van der Waals surface area contributed by atoms with Gasteiger partial charge in [-0.2, -0.15) is 0 Å². The molecule has 0 saturated carbocycles. The van der Waals surface area contributed by atoms with Crippen LogP contribution in [0.4, 0.5) is 0 Å². The number of aromatic amines is 1. The van der Waals surface area contributed by atoms with E-state index in [1.807, 2.05) is 66.2 Å². The number of hydrogen-bond acceptors (Lipinski definition) is 5. The molecule has 1 aromatic heterocycles. The van der Waals surface area contributed by atoms with Gasteiger partial charge in [-0.1, -0.05) is 73.5 Å². The largest absolute Gasteiger partial charge is 0.345 e. The summed E-state index contributed by atoms with van der Waals surface area (Å²) < 4.78 is 26.1. The molecule has 2 amide bonds. The van der Waals surface area contributed by atoms with Crippen molar-refractivity contribution in [3.05, 3.63) is 113 Å². The number of H-pyrrole nitrogens is 1. The van der Waals surface area contributed by atoms with E-state index in [9.17, 15) is 18.0 Å². The summed E-state index contributed by atoms with van der Waals surface area (Å²) in [6.07, 6.45) is 2.47. The molecular formula is C32H29ClN4O4S. The van der Waals surface area contributed by atoms with Gasteiger partial charge >= 0.3 is 0 Å². The third-order valence-electron chi connectivity index (χ3n) is 6.81. The Morgan fingerprint density at radius 3 is 2.31 bits per heavy atom. The third-order valence-corrected chi connectivity index (χ3v) is 7.60. The average Bonchev–Trinajstić information content (AvgIpc) is 3.40. The summed E-state index contributed by atoms with van der Waals surface area (Å²) in [7, 11) is -3.90. The lowest BCUT2D eigenvalue weighted by molar-refractivity contribution is 0.0934. The Morgan fingerprint density at radius 2 is 1.60 bits per heavy atom. The second kappa shape index (κ2) is 12.2. The van der Waals surface area contributed by atoms with E-state index in [1.54, 1.807) is 30.3 Å². The number of hydrogen-bond donors (Lipinski definition) is 3. The molecule has 0 spiro atoms. The van der Waals surface area contributed by atoms with Crippen molar-refractivity contribution >= 4 is 44.5 Å². The summed E-state index contributed by atoms with van der Waals surface area (Å²) in [6, 6.07) is 26.8. The number of rotatable bonds is 9. The fraction of sp³-hybridized carbons (Fsp3) is 0.156. The topological polar surface area (TPSA) is 121 Å². The summed E-state index contributed by atoms with van der Waals surface area (Å²) in [4.78, 5) is 34.8. The number of nitrogens with zero attached hydrogens (tertiary/aromatic N) is 1. The van der Waals surface area contributed by atoms with Crippen LogP contribution in [0.1, 0.15) is 52.1 Å². The zero-order chi connectivity index (χ0) is 29.9. The van der Waals surface area contributed by atoms with E-state index in [0.29, 0.717) is 27.5 Å². The number of carbonyl (C=O) groups is 2. The standard InChI is InChI=1S/C32H29ClN4O4S/c1-3-9-27(20-10-5-4-6-11-20)36-31(38)21-14-16-23(26(18-21)32(39)37-42(2,40)41)25-19-22(33)15-17-24(25)30-34-28-12-7-8-13-29(28)35-30/h4-8,10-19,27H,3,9H2,1-2H3,(H,34,35)(H,36,38)(H,37,39)/t27-/m1/s1. The molecule has 4 aromatic carbocycles. The summed E-state index contributed by atoms with van der Waals surface area (Å²) in [5, 5.41) is 3.47. The predicted octanol–water partition coefficient (Wildman–Crippen LogP) is 6.51. The number of aromatic nitrogens is 2. The first-order valence-corrected chi connectivity index (χ1v) is 15.7. The van der Waals surface area contributed by atoms with Gasteiger partial charge in [0, 0.05) is 21.7 Å². The third kappa shape index (κ3) is 6.53.